The maximum absolute atomic E-state index is 14.7. The number of hydrogen-bond donors (Lipinski definition) is 0. The van der Waals surface area contributed by atoms with Gasteiger partial charge in [-0.2, -0.15) is 4.39 Å². The van der Waals surface area contributed by atoms with Crippen LogP contribution in [0.3, 0.4) is 0 Å². The Morgan fingerprint density at radius 3 is 2.66 bits per heavy atom. The van der Waals surface area contributed by atoms with Gasteiger partial charge in [0.15, 0.2) is 5.69 Å². The monoisotopic (exact) mass is 392 g/mol. The molecule has 0 bridgehead atoms. The third kappa shape index (κ3) is 3.31. The number of imidazole rings is 1. The molecule has 2 aliphatic heterocycles. The average molecular weight is 392 g/mol. The van der Waals surface area contributed by atoms with E-state index in [1.165, 1.54) is 15.5 Å². The first-order chi connectivity index (χ1) is 14.1. The topological polar surface area (TPSA) is 40.9 Å². The molecule has 1 saturated heterocycles. The molecule has 0 spiro atoms. The highest BCUT2D eigenvalue weighted by atomic mass is 19.1. The van der Waals surface area contributed by atoms with Crippen molar-refractivity contribution < 1.29 is 9.18 Å². The number of likely N-dealkylation sites (tertiary alicyclic amines) is 1. The third-order valence-corrected chi connectivity index (χ3v) is 6.35. The molecule has 0 radical (unpaired) electrons. The van der Waals surface area contributed by atoms with E-state index in [4.69, 9.17) is 0 Å². The SMILES string of the molecule is Cc1ccn2c(F)c(C(=O)N3CCC(N4CCc5ccccc5C4)CC3)nc2c1. The summed E-state index contributed by atoms with van der Waals surface area (Å²) < 4.78 is 16.1. The van der Waals surface area contributed by atoms with Crippen LogP contribution in [0.25, 0.3) is 5.65 Å². The van der Waals surface area contributed by atoms with E-state index >= 15 is 0 Å². The van der Waals surface area contributed by atoms with E-state index in [0.29, 0.717) is 24.8 Å². The molecular weight excluding hydrogens is 367 g/mol. The number of rotatable bonds is 2. The molecule has 150 valence electrons. The highest BCUT2D eigenvalue weighted by molar-refractivity contribution is 5.93. The largest absolute Gasteiger partial charge is 0.337 e. The zero-order chi connectivity index (χ0) is 20.0. The molecule has 1 fully saturated rings. The van der Waals surface area contributed by atoms with E-state index < -0.39 is 5.95 Å². The highest BCUT2D eigenvalue weighted by Crippen LogP contribution is 2.26. The van der Waals surface area contributed by atoms with Crippen molar-refractivity contribution in [1.82, 2.24) is 19.2 Å². The first-order valence-corrected chi connectivity index (χ1v) is 10.3. The standard InChI is InChI=1S/C23H25FN4O/c1-16-6-13-28-20(14-16)25-21(22(28)24)23(29)26-11-8-19(9-12-26)27-10-7-17-4-2-3-5-18(17)15-27/h2-6,13-14,19H,7-12,15H2,1H3. The van der Waals surface area contributed by atoms with Gasteiger partial charge < -0.3 is 4.90 Å². The van der Waals surface area contributed by atoms with E-state index in [1.54, 1.807) is 17.2 Å². The molecule has 29 heavy (non-hydrogen) atoms. The molecule has 2 aromatic heterocycles. The Bertz CT molecular complexity index is 1070. The van der Waals surface area contributed by atoms with E-state index in [0.717, 1.165) is 37.9 Å². The Hall–Kier alpha value is -2.73. The number of benzene rings is 1. The minimum atomic E-state index is -0.570. The zero-order valence-electron chi connectivity index (χ0n) is 16.6. The lowest BCUT2D eigenvalue weighted by molar-refractivity contribution is 0.0590. The summed E-state index contributed by atoms with van der Waals surface area (Å²) in [6, 6.07) is 12.7. The summed E-state index contributed by atoms with van der Waals surface area (Å²) >= 11 is 0. The number of fused-ring (bicyclic) bond motifs is 2. The lowest BCUT2D eigenvalue weighted by Gasteiger charge is -2.40. The molecule has 0 aliphatic carbocycles. The lowest BCUT2D eigenvalue weighted by atomic mass is 9.95. The summed E-state index contributed by atoms with van der Waals surface area (Å²) in [6.45, 7) is 5.27. The number of nitrogens with zero attached hydrogens (tertiary/aromatic N) is 4. The van der Waals surface area contributed by atoms with Crippen molar-refractivity contribution in [1.29, 1.82) is 0 Å². The second kappa shape index (κ2) is 7.26. The zero-order valence-corrected chi connectivity index (χ0v) is 16.6. The number of carbonyl (C=O) groups is 1. The number of amides is 1. The van der Waals surface area contributed by atoms with Crippen LogP contribution in [-0.4, -0.2) is 50.8 Å². The predicted molar refractivity (Wildman–Crippen MR) is 109 cm³/mol. The first-order valence-electron chi connectivity index (χ1n) is 10.3. The second-order valence-electron chi connectivity index (χ2n) is 8.20. The second-order valence-corrected chi connectivity index (χ2v) is 8.20. The van der Waals surface area contributed by atoms with E-state index in [1.807, 2.05) is 13.0 Å². The van der Waals surface area contributed by atoms with E-state index in [-0.39, 0.29) is 11.6 Å². The van der Waals surface area contributed by atoms with Gasteiger partial charge in [-0.15, -0.1) is 0 Å². The Labute approximate surface area is 169 Å². The Morgan fingerprint density at radius 2 is 1.86 bits per heavy atom. The molecule has 0 N–H and O–H groups in total. The predicted octanol–water partition coefficient (Wildman–Crippen LogP) is 3.44. The molecule has 5 nitrogen and oxygen atoms in total. The molecule has 0 saturated carbocycles. The number of piperidine rings is 1. The van der Waals surface area contributed by atoms with Gasteiger partial charge in [0.05, 0.1) is 0 Å². The van der Waals surface area contributed by atoms with Crippen LogP contribution in [0.5, 0.6) is 0 Å². The van der Waals surface area contributed by atoms with Crippen LogP contribution in [0.15, 0.2) is 42.6 Å². The lowest BCUT2D eigenvalue weighted by Crippen LogP contribution is -2.48. The molecular formula is C23H25FN4O. The molecule has 5 rings (SSSR count). The van der Waals surface area contributed by atoms with Crippen molar-refractivity contribution in [3.63, 3.8) is 0 Å². The number of halogens is 1. The summed E-state index contributed by atoms with van der Waals surface area (Å²) in [5, 5.41) is 0. The summed E-state index contributed by atoms with van der Waals surface area (Å²) in [7, 11) is 0. The van der Waals surface area contributed by atoms with Crippen LogP contribution in [0.1, 0.15) is 40.0 Å². The molecule has 6 heteroatoms. The minimum Gasteiger partial charge on any atom is -0.337 e. The highest BCUT2D eigenvalue weighted by Gasteiger charge is 2.31. The maximum Gasteiger partial charge on any atom is 0.277 e. The summed E-state index contributed by atoms with van der Waals surface area (Å²) in [4.78, 5) is 21.5. The summed E-state index contributed by atoms with van der Waals surface area (Å²) in [5.41, 5.74) is 4.27. The van der Waals surface area contributed by atoms with Crippen molar-refractivity contribution in [2.45, 2.75) is 38.8 Å². The Morgan fingerprint density at radius 1 is 1.10 bits per heavy atom. The average Bonchev–Trinajstić information content (AvgIpc) is 3.08. The van der Waals surface area contributed by atoms with Crippen LogP contribution in [-0.2, 0) is 13.0 Å². The van der Waals surface area contributed by atoms with Gasteiger partial charge in [0.25, 0.3) is 5.91 Å². The van der Waals surface area contributed by atoms with E-state index in [9.17, 15) is 9.18 Å². The third-order valence-electron chi connectivity index (χ3n) is 6.35. The van der Waals surface area contributed by atoms with Crippen LogP contribution in [0.2, 0.25) is 0 Å². The van der Waals surface area contributed by atoms with Gasteiger partial charge in [0, 0.05) is 38.4 Å². The summed E-state index contributed by atoms with van der Waals surface area (Å²) in [5.74, 6) is -0.869. The molecule has 1 amide bonds. The number of pyridine rings is 1. The van der Waals surface area contributed by atoms with Gasteiger partial charge in [-0.1, -0.05) is 24.3 Å². The van der Waals surface area contributed by atoms with Crippen molar-refractivity contribution in [2.24, 2.45) is 0 Å². The van der Waals surface area contributed by atoms with Gasteiger partial charge in [0.2, 0.25) is 5.95 Å². The molecule has 0 unspecified atom stereocenters. The van der Waals surface area contributed by atoms with Crippen molar-refractivity contribution >= 4 is 11.6 Å². The summed E-state index contributed by atoms with van der Waals surface area (Å²) in [6.07, 6.45) is 4.55. The Balaban J connectivity index is 1.26. The number of aromatic nitrogens is 2. The number of carbonyl (C=O) groups excluding carboxylic acids is 1. The van der Waals surface area contributed by atoms with Crippen LogP contribution in [0.4, 0.5) is 4.39 Å². The molecule has 0 atom stereocenters. The molecule has 2 aliphatic rings. The van der Waals surface area contributed by atoms with Crippen molar-refractivity contribution in [3.05, 3.63) is 70.9 Å². The quantitative estimate of drug-likeness (QED) is 0.671. The fourth-order valence-corrected chi connectivity index (χ4v) is 4.67. The van der Waals surface area contributed by atoms with Crippen LogP contribution >= 0.6 is 0 Å². The first kappa shape index (κ1) is 18.3. The van der Waals surface area contributed by atoms with Gasteiger partial charge in [-0.25, -0.2) is 4.98 Å². The van der Waals surface area contributed by atoms with Gasteiger partial charge in [-0.05, 0) is 55.0 Å². The van der Waals surface area contributed by atoms with Crippen LogP contribution < -0.4 is 0 Å². The maximum atomic E-state index is 14.7. The fourth-order valence-electron chi connectivity index (χ4n) is 4.67. The van der Waals surface area contributed by atoms with Gasteiger partial charge in [-0.3, -0.25) is 14.1 Å². The van der Waals surface area contributed by atoms with Gasteiger partial charge >= 0.3 is 0 Å². The smallest absolute Gasteiger partial charge is 0.277 e. The molecule has 4 heterocycles. The van der Waals surface area contributed by atoms with Crippen molar-refractivity contribution in [2.75, 3.05) is 19.6 Å². The number of aryl methyl sites for hydroxylation is 1. The molecule has 1 aromatic carbocycles. The van der Waals surface area contributed by atoms with Crippen molar-refractivity contribution in [3.8, 4) is 0 Å². The van der Waals surface area contributed by atoms with Crippen LogP contribution in [0, 0.1) is 12.9 Å². The molecule has 3 aromatic rings. The normalized spacial score (nSPS) is 18.2. The van der Waals surface area contributed by atoms with Gasteiger partial charge in [0.1, 0.15) is 5.65 Å². The minimum absolute atomic E-state index is 0.0686. The number of hydrogen-bond acceptors (Lipinski definition) is 3. The Kier molecular flexibility index (Phi) is 4.59. The van der Waals surface area contributed by atoms with E-state index in [2.05, 4.69) is 34.1 Å². The fraction of sp³-hybridized carbons (Fsp3) is 0.391.